The molecule has 1 heterocycles. The van der Waals surface area contributed by atoms with Crippen LogP contribution in [0.5, 0.6) is 0 Å². The molecular formula is C17H29N3O. The molecule has 3 rings (SSSR count). The van der Waals surface area contributed by atoms with E-state index in [0.717, 1.165) is 11.7 Å². The van der Waals surface area contributed by atoms with Gasteiger partial charge in [-0.15, -0.1) is 0 Å². The molecule has 2 aliphatic carbocycles. The fourth-order valence-electron chi connectivity index (χ4n) is 4.07. The molecule has 21 heavy (non-hydrogen) atoms. The van der Waals surface area contributed by atoms with Gasteiger partial charge < -0.3 is 10.3 Å². The van der Waals surface area contributed by atoms with Gasteiger partial charge in [0.05, 0.1) is 6.04 Å². The Morgan fingerprint density at radius 2 is 1.81 bits per heavy atom. The van der Waals surface area contributed by atoms with Crippen molar-refractivity contribution >= 4 is 0 Å². The van der Waals surface area contributed by atoms with Crippen molar-refractivity contribution in [3.05, 3.63) is 11.7 Å². The third-order valence-corrected chi connectivity index (χ3v) is 5.69. The van der Waals surface area contributed by atoms with Crippen molar-refractivity contribution in [2.75, 3.05) is 0 Å². The van der Waals surface area contributed by atoms with Gasteiger partial charge in [-0.25, -0.2) is 0 Å². The summed E-state index contributed by atoms with van der Waals surface area (Å²) in [6, 6.07) is -0.0569. The summed E-state index contributed by atoms with van der Waals surface area (Å²) >= 11 is 0. The number of aromatic nitrogens is 2. The molecule has 0 amide bonds. The number of nitrogens with zero attached hydrogens (tertiary/aromatic N) is 2. The zero-order valence-electron chi connectivity index (χ0n) is 13.3. The van der Waals surface area contributed by atoms with Gasteiger partial charge in [-0.2, -0.15) is 4.98 Å². The average molecular weight is 291 g/mol. The molecule has 2 saturated carbocycles. The van der Waals surface area contributed by atoms with E-state index in [2.05, 4.69) is 17.1 Å². The number of hydrogen-bond donors (Lipinski definition) is 1. The van der Waals surface area contributed by atoms with Gasteiger partial charge in [0.15, 0.2) is 5.82 Å². The van der Waals surface area contributed by atoms with Gasteiger partial charge in [0.25, 0.3) is 0 Å². The topological polar surface area (TPSA) is 64.9 Å². The third kappa shape index (κ3) is 3.47. The summed E-state index contributed by atoms with van der Waals surface area (Å²) in [4.78, 5) is 4.66. The number of nitrogens with two attached hydrogens (primary N) is 1. The predicted molar refractivity (Wildman–Crippen MR) is 82.8 cm³/mol. The highest BCUT2D eigenvalue weighted by atomic mass is 16.5. The van der Waals surface area contributed by atoms with Crippen LogP contribution in [0.4, 0.5) is 0 Å². The van der Waals surface area contributed by atoms with Crippen LogP contribution in [0, 0.1) is 11.8 Å². The SMILES string of the molecule is CCC1CCC(c2noc(C(N)C3CCCCC3)n2)CC1. The number of rotatable bonds is 4. The molecule has 4 heteroatoms. The predicted octanol–water partition coefficient (Wildman–Crippen LogP) is 4.33. The molecule has 0 aromatic carbocycles. The van der Waals surface area contributed by atoms with E-state index in [1.807, 2.05) is 0 Å². The molecule has 2 N–H and O–H groups in total. The second-order valence-electron chi connectivity index (χ2n) is 7.04. The average Bonchev–Trinajstić information content (AvgIpc) is 3.05. The van der Waals surface area contributed by atoms with E-state index in [1.165, 1.54) is 64.2 Å². The first-order valence-electron chi connectivity index (χ1n) is 8.87. The Labute approximate surface area is 127 Å². The lowest BCUT2D eigenvalue weighted by Gasteiger charge is -2.26. The zero-order chi connectivity index (χ0) is 14.7. The Balaban J connectivity index is 1.60. The third-order valence-electron chi connectivity index (χ3n) is 5.69. The van der Waals surface area contributed by atoms with Gasteiger partial charge in [-0.3, -0.25) is 0 Å². The highest BCUT2D eigenvalue weighted by Gasteiger charge is 2.29. The smallest absolute Gasteiger partial charge is 0.243 e. The van der Waals surface area contributed by atoms with Crippen molar-refractivity contribution < 1.29 is 4.52 Å². The van der Waals surface area contributed by atoms with Gasteiger partial charge in [0, 0.05) is 5.92 Å². The van der Waals surface area contributed by atoms with Gasteiger partial charge in [-0.1, -0.05) is 37.8 Å². The summed E-state index contributed by atoms with van der Waals surface area (Å²) in [5.41, 5.74) is 6.36. The van der Waals surface area contributed by atoms with Gasteiger partial charge in [-0.05, 0) is 50.4 Å². The van der Waals surface area contributed by atoms with Crippen LogP contribution in [0.15, 0.2) is 4.52 Å². The van der Waals surface area contributed by atoms with E-state index in [0.29, 0.717) is 17.7 Å². The molecule has 0 radical (unpaired) electrons. The van der Waals surface area contributed by atoms with Crippen LogP contribution in [-0.2, 0) is 0 Å². The van der Waals surface area contributed by atoms with Crippen molar-refractivity contribution in [3.8, 4) is 0 Å². The van der Waals surface area contributed by atoms with Gasteiger partial charge in [0.1, 0.15) is 0 Å². The standard InChI is InChI=1S/C17H29N3O/c1-2-12-8-10-14(11-9-12)16-19-17(21-20-16)15(18)13-6-4-3-5-7-13/h12-15H,2-11,18H2,1H3. The Morgan fingerprint density at radius 1 is 1.10 bits per heavy atom. The normalized spacial score (nSPS) is 29.4. The fraction of sp³-hybridized carbons (Fsp3) is 0.882. The highest BCUT2D eigenvalue weighted by molar-refractivity contribution is 5.01. The molecule has 0 aliphatic heterocycles. The summed E-state index contributed by atoms with van der Waals surface area (Å²) in [6.07, 6.45) is 12.7. The molecule has 4 nitrogen and oxygen atoms in total. The summed E-state index contributed by atoms with van der Waals surface area (Å²) in [5.74, 6) is 3.50. The van der Waals surface area contributed by atoms with E-state index >= 15 is 0 Å². The summed E-state index contributed by atoms with van der Waals surface area (Å²) in [6.45, 7) is 2.29. The molecule has 1 unspecified atom stereocenters. The lowest BCUT2D eigenvalue weighted by atomic mass is 9.80. The lowest BCUT2D eigenvalue weighted by molar-refractivity contribution is 0.253. The first-order chi connectivity index (χ1) is 10.3. The lowest BCUT2D eigenvalue weighted by Crippen LogP contribution is -2.24. The zero-order valence-corrected chi connectivity index (χ0v) is 13.3. The van der Waals surface area contributed by atoms with Gasteiger partial charge in [0.2, 0.25) is 5.89 Å². The molecule has 0 saturated heterocycles. The van der Waals surface area contributed by atoms with Crippen LogP contribution in [0.3, 0.4) is 0 Å². The van der Waals surface area contributed by atoms with E-state index < -0.39 is 0 Å². The molecule has 1 aromatic rings. The second kappa shape index (κ2) is 6.91. The van der Waals surface area contributed by atoms with Crippen molar-refractivity contribution in [1.29, 1.82) is 0 Å². The van der Waals surface area contributed by atoms with Gasteiger partial charge >= 0.3 is 0 Å². The molecule has 118 valence electrons. The summed E-state index contributed by atoms with van der Waals surface area (Å²) in [7, 11) is 0. The first-order valence-corrected chi connectivity index (χ1v) is 8.87. The van der Waals surface area contributed by atoms with Crippen molar-refractivity contribution in [2.45, 2.75) is 83.1 Å². The maximum absolute atomic E-state index is 6.36. The molecule has 2 fully saturated rings. The Hall–Kier alpha value is -0.900. The quantitative estimate of drug-likeness (QED) is 0.896. The van der Waals surface area contributed by atoms with E-state index in [1.54, 1.807) is 0 Å². The maximum atomic E-state index is 6.36. The van der Waals surface area contributed by atoms with Crippen LogP contribution in [0.1, 0.15) is 94.8 Å². The Kier molecular flexibility index (Phi) is 4.94. The Morgan fingerprint density at radius 3 is 2.48 bits per heavy atom. The van der Waals surface area contributed by atoms with Crippen molar-refractivity contribution in [3.63, 3.8) is 0 Å². The largest absolute Gasteiger partial charge is 0.338 e. The molecule has 0 bridgehead atoms. The highest BCUT2D eigenvalue weighted by Crippen LogP contribution is 2.37. The fourth-order valence-corrected chi connectivity index (χ4v) is 4.07. The van der Waals surface area contributed by atoms with E-state index in [-0.39, 0.29) is 6.04 Å². The maximum Gasteiger partial charge on any atom is 0.243 e. The first kappa shape index (κ1) is 15.0. The molecule has 0 spiro atoms. The van der Waals surface area contributed by atoms with Crippen LogP contribution in [0.2, 0.25) is 0 Å². The minimum Gasteiger partial charge on any atom is -0.338 e. The second-order valence-corrected chi connectivity index (χ2v) is 7.04. The van der Waals surface area contributed by atoms with Crippen LogP contribution in [-0.4, -0.2) is 10.1 Å². The van der Waals surface area contributed by atoms with Crippen LogP contribution in [0.25, 0.3) is 0 Å². The minimum atomic E-state index is -0.0569. The summed E-state index contributed by atoms with van der Waals surface area (Å²) < 4.78 is 5.50. The minimum absolute atomic E-state index is 0.0569. The van der Waals surface area contributed by atoms with Crippen molar-refractivity contribution in [1.82, 2.24) is 10.1 Å². The van der Waals surface area contributed by atoms with Crippen LogP contribution < -0.4 is 5.73 Å². The van der Waals surface area contributed by atoms with Crippen LogP contribution >= 0.6 is 0 Å². The number of hydrogen-bond acceptors (Lipinski definition) is 4. The molecular weight excluding hydrogens is 262 g/mol. The van der Waals surface area contributed by atoms with E-state index in [4.69, 9.17) is 10.3 Å². The monoisotopic (exact) mass is 291 g/mol. The summed E-state index contributed by atoms with van der Waals surface area (Å²) in [5, 5.41) is 4.24. The van der Waals surface area contributed by atoms with Crippen molar-refractivity contribution in [2.24, 2.45) is 17.6 Å². The molecule has 1 aromatic heterocycles. The Bertz CT molecular complexity index is 431. The molecule has 2 aliphatic rings. The molecule has 1 atom stereocenters. The van der Waals surface area contributed by atoms with E-state index in [9.17, 15) is 0 Å².